The molecule has 0 saturated heterocycles. The van der Waals surface area contributed by atoms with Crippen LogP contribution in [0, 0.1) is 35.5 Å². The van der Waals surface area contributed by atoms with Crippen LogP contribution in [0.15, 0.2) is 0 Å². The molecule has 4 rings (SSSR count). The molecule has 0 radical (unpaired) electrons. The Labute approximate surface area is 107 Å². The van der Waals surface area contributed by atoms with Gasteiger partial charge in [0, 0.05) is 0 Å². The topological polar surface area (TPSA) is 0 Å². The average Bonchev–Trinajstić information content (AvgIpc) is 2.59. The second kappa shape index (κ2) is 4.28. The molecule has 0 heteroatoms. The molecule has 0 aromatic carbocycles. The molecule has 4 aliphatic rings. The van der Waals surface area contributed by atoms with Crippen molar-refractivity contribution < 1.29 is 0 Å². The minimum atomic E-state index is 1.16. The van der Waals surface area contributed by atoms with Gasteiger partial charge in [0.25, 0.3) is 0 Å². The van der Waals surface area contributed by atoms with Gasteiger partial charge in [-0.05, 0) is 61.2 Å². The summed E-state index contributed by atoms with van der Waals surface area (Å²) < 4.78 is 0. The number of hydrogen-bond acceptors (Lipinski definition) is 0. The van der Waals surface area contributed by atoms with Crippen LogP contribution < -0.4 is 0 Å². The van der Waals surface area contributed by atoms with E-state index in [4.69, 9.17) is 0 Å². The molecule has 17 heavy (non-hydrogen) atoms. The summed E-state index contributed by atoms with van der Waals surface area (Å²) in [5, 5.41) is 0. The molecular formula is C17H28. The lowest BCUT2D eigenvalue weighted by atomic mass is 9.50. The summed E-state index contributed by atoms with van der Waals surface area (Å²) >= 11 is 0. The fraction of sp³-hybridized carbons (Fsp3) is 1.00. The van der Waals surface area contributed by atoms with E-state index in [2.05, 4.69) is 0 Å². The van der Waals surface area contributed by atoms with E-state index in [1.54, 1.807) is 70.6 Å². The van der Waals surface area contributed by atoms with Crippen LogP contribution in [-0.2, 0) is 0 Å². The van der Waals surface area contributed by atoms with E-state index >= 15 is 0 Å². The number of hydrogen-bond donors (Lipinski definition) is 0. The molecule has 0 aliphatic heterocycles. The van der Waals surface area contributed by atoms with Gasteiger partial charge in [-0.1, -0.05) is 44.9 Å². The Morgan fingerprint density at radius 1 is 0.353 bits per heavy atom. The van der Waals surface area contributed by atoms with Gasteiger partial charge < -0.3 is 0 Å². The molecule has 4 atom stereocenters. The molecule has 0 bridgehead atoms. The third-order valence-corrected chi connectivity index (χ3v) is 6.99. The van der Waals surface area contributed by atoms with E-state index in [0.717, 1.165) is 23.7 Å². The maximum atomic E-state index is 1.61. The molecule has 0 N–H and O–H groups in total. The van der Waals surface area contributed by atoms with Gasteiger partial charge in [-0.2, -0.15) is 0 Å². The van der Waals surface area contributed by atoms with Crippen LogP contribution in [0.4, 0.5) is 0 Å². The summed E-state index contributed by atoms with van der Waals surface area (Å²) in [6, 6.07) is 0. The normalized spacial score (nSPS) is 53.6. The summed E-state index contributed by atoms with van der Waals surface area (Å²) in [5.74, 6) is 7.02. The highest BCUT2D eigenvalue weighted by Crippen LogP contribution is 2.58. The Kier molecular flexibility index (Phi) is 2.74. The van der Waals surface area contributed by atoms with Crippen molar-refractivity contribution in [3.63, 3.8) is 0 Å². The highest BCUT2D eigenvalue weighted by Gasteiger charge is 2.50. The van der Waals surface area contributed by atoms with Crippen molar-refractivity contribution in [3.05, 3.63) is 0 Å². The lowest BCUT2D eigenvalue weighted by Crippen LogP contribution is -2.47. The Balaban J connectivity index is 1.67. The zero-order valence-corrected chi connectivity index (χ0v) is 11.2. The van der Waals surface area contributed by atoms with E-state index in [1.165, 1.54) is 11.8 Å². The minimum Gasteiger partial charge on any atom is -0.0530 e. The summed E-state index contributed by atoms with van der Waals surface area (Å²) in [6.07, 6.45) is 17.5. The predicted octanol–water partition coefficient (Wildman–Crippen LogP) is 5.03. The zero-order chi connectivity index (χ0) is 11.2. The lowest BCUT2D eigenvalue weighted by Gasteiger charge is -2.55. The van der Waals surface area contributed by atoms with Crippen molar-refractivity contribution in [2.75, 3.05) is 0 Å². The fourth-order valence-corrected chi connectivity index (χ4v) is 6.46. The van der Waals surface area contributed by atoms with Crippen LogP contribution >= 0.6 is 0 Å². The van der Waals surface area contributed by atoms with Gasteiger partial charge >= 0.3 is 0 Å². The molecule has 4 fully saturated rings. The molecule has 4 aliphatic carbocycles. The van der Waals surface area contributed by atoms with Crippen LogP contribution in [0.3, 0.4) is 0 Å². The summed E-state index contributed by atoms with van der Waals surface area (Å²) in [4.78, 5) is 0. The van der Waals surface area contributed by atoms with E-state index in [9.17, 15) is 0 Å². The largest absolute Gasteiger partial charge is 0.0530 e. The van der Waals surface area contributed by atoms with E-state index in [0.29, 0.717) is 0 Å². The Morgan fingerprint density at radius 3 is 1.12 bits per heavy atom. The third kappa shape index (κ3) is 1.70. The van der Waals surface area contributed by atoms with E-state index in [1.807, 2.05) is 0 Å². The van der Waals surface area contributed by atoms with Gasteiger partial charge in [0.05, 0.1) is 0 Å². The first-order chi connectivity index (χ1) is 8.43. The molecule has 4 saturated carbocycles. The van der Waals surface area contributed by atoms with Gasteiger partial charge in [0.2, 0.25) is 0 Å². The highest BCUT2D eigenvalue weighted by atomic mass is 14.5. The van der Waals surface area contributed by atoms with Gasteiger partial charge in [0.1, 0.15) is 0 Å². The van der Waals surface area contributed by atoms with Crippen LogP contribution in [-0.4, -0.2) is 0 Å². The molecule has 0 aromatic rings. The summed E-state index contributed by atoms with van der Waals surface area (Å²) in [7, 11) is 0. The maximum absolute atomic E-state index is 1.61. The van der Waals surface area contributed by atoms with Crippen molar-refractivity contribution >= 4 is 0 Å². The van der Waals surface area contributed by atoms with E-state index < -0.39 is 0 Å². The monoisotopic (exact) mass is 232 g/mol. The first kappa shape index (κ1) is 10.9. The van der Waals surface area contributed by atoms with Crippen molar-refractivity contribution in [2.24, 2.45) is 35.5 Å². The first-order valence-corrected chi connectivity index (χ1v) is 8.43. The maximum Gasteiger partial charge on any atom is -0.0324 e. The summed E-state index contributed by atoms with van der Waals surface area (Å²) in [6.45, 7) is 0. The van der Waals surface area contributed by atoms with Gasteiger partial charge in [-0.3, -0.25) is 0 Å². The van der Waals surface area contributed by atoms with E-state index in [-0.39, 0.29) is 0 Å². The highest BCUT2D eigenvalue weighted by molar-refractivity contribution is 4.99. The van der Waals surface area contributed by atoms with Crippen molar-refractivity contribution in [2.45, 2.75) is 70.6 Å². The molecule has 96 valence electrons. The zero-order valence-electron chi connectivity index (χ0n) is 11.2. The molecule has 4 unspecified atom stereocenters. The van der Waals surface area contributed by atoms with Crippen LogP contribution in [0.5, 0.6) is 0 Å². The smallest absolute Gasteiger partial charge is 0.0324 e. The molecule has 0 amide bonds. The fourth-order valence-electron chi connectivity index (χ4n) is 6.46. The quantitative estimate of drug-likeness (QED) is 0.549. The first-order valence-electron chi connectivity index (χ1n) is 8.43. The van der Waals surface area contributed by atoms with Crippen molar-refractivity contribution in [1.82, 2.24) is 0 Å². The second-order valence-electron chi connectivity index (χ2n) is 7.57. The third-order valence-electron chi connectivity index (χ3n) is 6.99. The van der Waals surface area contributed by atoms with Crippen LogP contribution in [0.2, 0.25) is 0 Å². The van der Waals surface area contributed by atoms with Crippen molar-refractivity contribution in [1.29, 1.82) is 0 Å². The molecule has 0 nitrogen and oxygen atoms in total. The molecule has 0 spiro atoms. The van der Waals surface area contributed by atoms with Gasteiger partial charge in [-0.25, -0.2) is 0 Å². The Hall–Kier alpha value is 0. The SMILES string of the molecule is C1CCC2CCC3CCCC4CCC(C1)C2C43. The molecular weight excluding hydrogens is 204 g/mol. The van der Waals surface area contributed by atoms with Crippen molar-refractivity contribution in [3.8, 4) is 0 Å². The van der Waals surface area contributed by atoms with Crippen LogP contribution in [0.1, 0.15) is 70.6 Å². The van der Waals surface area contributed by atoms with Crippen LogP contribution in [0.25, 0.3) is 0 Å². The minimum absolute atomic E-state index is 1.16. The second-order valence-corrected chi connectivity index (χ2v) is 7.57. The Morgan fingerprint density at radius 2 is 0.706 bits per heavy atom. The lowest BCUT2D eigenvalue weighted by molar-refractivity contribution is -0.0544. The Bertz CT molecular complexity index is 256. The van der Waals surface area contributed by atoms with Gasteiger partial charge in [0.15, 0.2) is 0 Å². The molecule has 0 aromatic heterocycles. The molecule has 0 heterocycles. The van der Waals surface area contributed by atoms with Gasteiger partial charge in [-0.15, -0.1) is 0 Å². The standard InChI is InChI=1S/C17H28/c1-2-5-13-9-11-15-7-3-6-14-10-8-12(4-1)16(13)17(14)15/h12-17H,1-11H2. The summed E-state index contributed by atoms with van der Waals surface area (Å²) in [5.41, 5.74) is 0. The number of rotatable bonds is 0. The predicted molar refractivity (Wildman–Crippen MR) is 71.7 cm³/mol. The average molecular weight is 232 g/mol.